The average molecular weight is 319 g/mol. The topological polar surface area (TPSA) is 84.9 Å². The van der Waals surface area contributed by atoms with E-state index in [9.17, 15) is 5.11 Å². The average Bonchev–Trinajstić information content (AvgIpc) is 2.89. The van der Waals surface area contributed by atoms with Crippen LogP contribution in [0.25, 0.3) is 23.0 Å². The first-order valence-corrected chi connectivity index (χ1v) is 6.12. The van der Waals surface area contributed by atoms with Crippen LogP contribution >= 0.6 is 15.9 Å². The van der Waals surface area contributed by atoms with Crippen LogP contribution in [0.3, 0.4) is 0 Å². The van der Waals surface area contributed by atoms with E-state index in [1.54, 1.807) is 30.6 Å². The Morgan fingerprint density at radius 3 is 2.84 bits per heavy atom. The molecule has 1 N–H and O–H groups in total. The summed E-state index contributed by atoms with van der Waals surface area (Å²) < 4.78 is 5.89. The molecule has 0 unspecified atom stereocenters. The fourth-order valence-electron chi connectivity index (χ4n) is 1.54. The van der Waals surface area contributed by atoms with Crippen LogP contribution in [0.5, 0.6) is 5.75 Å². The predicted octanol–water partition coefficient (Wildman–Crippen LogP) is 2.66. The first-order chi connectivity index (χ1) is 9.24. The van der Waals surface area contributed by atoms with E-state index in [-0.39, 0.29) is 11.6 Å². The van der Waals surface area contributed by atoms with E-state index in [0.717, 1.165) is 4.47 Å². The Bertz CT molecular complexity index is 715. The van der Waals surface area contributed by atoms with E-state index in [2.05, 4.69) is 36.0 Å². The smallest absolute Gasteiger partial charge is 0.262 e. The van der Waals surface area contributed by atoms with Crippen molar-refractivity contribution in [2.24, 2.45) is 0 Å². The highest BCUT2D eigenvalue weighted by Gasteiger charge is 2.14. The summed E-state index contributed by atoms with van der Waals surface area (Å²) in [4.78, 5) is 12.2. The van der Waals surface area contributed by atoms with Crippen molar-refractivity contribution in [1.29, 1.82) is 0 Å². The molecule has 0 saturated carbocycles. The maximum Gasteiger partial charge on any atom is 0.262 e. The van der Waals surface area contributed by atoms with Crippen molar-refractivity contribution in [1.82, 2.24) is 20.1 Å². The molecule has 2 aromatic heterocycles. The minimum atomic E-state index is 0.0590. The largest absolute Gasteiger partial charge is 0.507 e. The monoisotopic (exact) mass is 318 g/mol. The highest BCUT2D eigenvalue weighted by molar-refractivity contribution is 9.10. The number of halogens is 1. The molecule has 3 rings (SSSR count). The van der Waals surface area contributed by atoms with Crippen LogP contribution in [-0.4, -0.2) is 25.2 Å². The van der Waals surface area contributed by atoms with E-state index in [4.69, 9.17) is 4.52 Å². The summed E-state index contributed by atoms with van der Waals surface area (Å²) in [5.41, 5.74) is 0.972. The van der Waals surface area contributed by atoms with Gasteiger partial charge in [0, 0.05) is 16.9 Å². The van der Waals surface area contributed by atoms with E-state index in [1.807, 2.05) is 0 Å². The number of aromatic nitrogens is 4. The maximum atomic E-state index is 9.84. The second-order valence-electron chi connectivity index (χ2n) is 3.68. The third-order valence-electron chi connectivity index (χ3n) is 2.41. The lowest BCUT2D eigenvalue weighted by atomic mass is 10.2. The van der Waals surface area contributed by atoms with Gasteiger partial charge in [-0.1, -0.05) is 21.1 Å². The van der Waals surface area contributed by atoms with Crippen LogP contribution in [0.2, 0.25) is 0 Å². The molecule has 2 heterocycles. The summed E-state index contributed by atoms with van der Waals surface area (Å²) in [7, 11) is 0. The van der Waals surface area contributed by atoms with Gasteiger partial charge in [-0.2, -0.15) is 4.98 Å². The van der Waals surface area contributed by atoms with Crippen LogP contribution in [-0.2, 0) is 0 Å². The number of rotatable bonds is 2. The van der Waals surface area contributed by atoms with E-state index >= 15 is 0 Å². The Morgan fingerprint density at radius 1 is 1.21 bits per heavy atom. The minimum Gasteiger partial charge on any atom is -0.507 e. The van der Waals surface area contributed by atoms with Crippen molar-refractivity contribution in [2.75, 3.05) is 0 Å². The fourth-order valence-corrected chi connectivity index (χ4v) is 1.89. The molecule has 0 fully saturated rings. The number of nitrogens with zero attached hydrogens (tertiary/aromatic N) is 4. The van der Waals surface area contributed by atoms with Gasteiger partial charge in [0.15, 0.2) is 0 Å². The molecule has 0 radical (unpaired) electrons. The van der Waals surface area contributed by atoms with Crippen LogP contribution in [0.1, 0.15) is 0 Å². The minimum absolute atomic E-state index is 0.0590. The molecule has 0 saturated heterocycles. The van der Waals surface area contributed by atoms with Gasteiger partial charge in [-0.25, -0.2) is 4.98 Å². The molecular formula is C12H7BrN4O2. The maximum absolute atomic E-state index is 9.84. The first-order valence-electron chi connectivity index (χ1n) is 5.33. The van der Waals surface area contributed by atoms with Gasteiger partial charge < -0.3 is 9.63 Å². The highest BCUT2D eigenvalue weighted by atomic mass is 79.9. The van der Waals surface area contributed by atoms with Gasteiger partial charge in [-0.15, -0.1) is 0 Å². The highest BCUT2D eigenvalue weighted by Crippen LogP contribution is 2.31. The lowest BCUT2D eigenvalue weighted by Gasteiger charge is -1.98. The molecule has 1 aromatic carbocycles. The Morgan fingerprint density at radius 2 is 2.11 bits per heavy atom. The zero-order valence-corrected chi connectivity index (χ0v) is 11.1. The van der Waals surface area contributed by atoms with Crippen LogP contribution in [0, 0.1) is 0 Å². The van der Waals surface area contributed by atoms with E-state index in [0.29, 0.717) is 17.1 Å². The number of hydrogen-bond donors (Lipinski definition) is 1. The SMILES string of the molecule is Oc1cc(Br)ccc1-c1nc(-c2cnccn2)no1. The molecule has 0 aliphatic heterocycles. The summed E-state index contributed by atoms with van der Waals surface area (Å²) in [6, 6.07) is 5.02. The Balaban J connectivity index is 2.02. The second-order valence-corrected chi connectivity index (χ2v) is 4.59. The van der Waals surface area contributed by atoms with Gasteiger partial charge in [-0.3, -0.25) is 4.98 Å². The Hall–Kier alpha value is -2.28. The van der Waals surface area contributed by atoms with E-state index in [1.165, 1.54) is 6.20 Å². The van der Waals surface area contributed by atoms with Gasteiger partial charge in [0.05, 0.1) is 11.8 Å². The molecule has 6 nitrogen and oxygen atoms in total. The second kappa shape index (κ2) is 4.77. The fraction of sp³-hybridized carbons (Fsp3) is 0. The predicted molar refractivity (Wildman–Crippen MR) is 70.1 cm³/mol. The third kappa shape index (κ3) is 2.32. The van der Waals surface area contributed by atoms with Gasteiger partial charge in [-0.05, 0) is 18.2 Å². The van der Waals surface area contributed by atoms with Crippen LogP contribution < -0.4 is 0 Å². The lowest BCUT2D eigenvalue weighted by Crippen LogP contribution is -1.86. The molecule has 0 aliphatic carbocycles. The van der Waals surface area contributed by atoms with Crippen molar-refractivity contribution < 1.29 is 9.63 Å². The van der Waals surface area contributed by atoms with Gasteiger partial charge in [0.2, 0.25) is 5.82 Å². The van der Waals surface area contributed by atoms with Gasteiger partial charge in [0.25, 0.3) is 5.89 Å². The number of phenols is 1. The number of aromatic hydroxyl groups is 1. The number of phenolic OH excluding ortho intramolecular Hbond substituents is 1. The molecule has 19 heavy (non-hydrogen) atoms. The molecule has 0 spiro atoms. The molecule has 7 heteroatoms. The van der Waals surface area contributed by atoms with Crippen molar-refractivity contribution in [2.45, 2.75) is 0 Å². The van der Waals surface area contributed by atoms with Crippen LogP contribution in [0.15, 0.2) is 45.8 Å². The molecule has 94 valence electrons. The Labute approximate surface area is 116 Å². The summed E-state index contributed by atoms with van der Waals surface area (Å²) in [5, 5.41) is 13.7. The summed E-state index contributed by atoms with van der Waals surface area (Å²) in [6.45, 7) is 0. The molecule has 0 aliphatic rings. The third-order valence-corrected chi connectivity index (χ3v) is 2.90. The summed E-state index contributed by atoms with van der Waals surface area (Å²) in [5.74, 6) is 0.611. The van der Waals surface area contributed by atoms with Crippen molar-refractivity contribution in [3.8, 4) is 28.7 Å². The van der Waals surface area contributed by atoms with Crippen molar-refractivity contribution in [3.05, 3.63) is 41.3 Å². The molecule has 3 aromatic rings. The normalized spacial score (nSPS) is 10.6. The standard InChI is InChI=1S/C12H7BrN4O2/c13-7-1-2-8(10(18)5-7)12-16-11(17-19-12)9-6-14-3-4-15-9/h1-6,18H. The number of hydrogen-bond acceptors (Lipinski definition) is 6. The van der Waals surface area contributed by atoms with Gasteiger partial charge >= 0.3 is 0 Å². The summed E-state index contributed by atoms with van der Waals surface area (Å²) in [6.07, 6.45) is 4.64. The van der Waals surface area contributed by atoms with Gasteiger partial charge in [0.1, 0.15) is 11.4 Å². The molecule has 0 atom stereocenters. The summed E-state index contributed by atoms with van der Waals surface area (Å²) >= 11 is 3.27. The van der Waals surface area contributed by atoms with Crippen LogP contribution in [0.4, 0.5) is 0 Å². The zero-order chi connectivity index (χ0) is 13.2. The molecular weight excluding hydrogens is 312 g/mol. The quantitative estimate of drug-likeness (QED) is 0.781. The van der Waals surface area contributed by atoms with Crippen molar-refractivity contribution in [3.63, 3.8) is 0 Å². The zero-order valence-electron chi connectivity index (χ0n) is 9.49. The van der Waals surface area contributed by atoms with E-state index < -0.39 is 0 Å². The van der Waals surface area contributed by atoms with Crippen molar-refractivity contribution >= 4 is 15.9 Å². The Kier molecular flexibility index (Phi) is 2.96. The molecule has 0 bridgehead atoms. The first kappa shape index (κ1) is 11.8. The molecule has 0 amide bonds. The number of benzene rings is 1. The lowest BCUT2D eigenvalue weighted by molar-refractivity contribution is 0.425.